The number of aliphatic hydroxyl groups is 1. The maximum atomic E-state index is 9.96. The van der Waals surface area contributed by atoms with Crippen LogP contribution in [0.15, 0.2) is 6.20 Å². The second-order valence-electron chi connectivity index (χ2n) is 4.03. The second kappa shape index (κ2) is 5.32. The van der Waals surface area contributed by atoms with Crippen molar-refractivity contribution in [2.45, 2.75) is 32.3 Å². The van der Waals surface area contributed by atoms with E-state index >= 15 is 0 Å². The van der Waals surface area contributed by atoms with E-state index < -0.39 is 5.60 Å². The fourth-order valence-corrected chi connectivity index (χ4v) is 1.56. The van der Waals surface area contributed by atoms with Gasteiger partial charge in [0, 0.05) is 6.54 Å². The fourth-order valence-electron chi connectivity index (χ4n) is 1.41. The molecule has 5 nitrogen and oxygen atoms in total. The average molecular weight is 245 g/mol. The van der Waals surface area contributed by atoms with Crippen molar-refractivity contribution in [2.24, 2.45) is 0 Å². The van der Waals surface area contributed by atoms with Crippen molar-refractivity contribution in [2.75, 3.05) is 17.6 Å². The molecule has 1 rings (SSSR count). The molecule has 1 aromatic heterocycles. The molecule has 1 atom stereocenters. The Kier molecular flexibility index (Phi) is 4.32. The number of halogens is 1. The molecule has 0 aliphatic carbocycles. The summed E-state index contributed by atoms with van der Waals surface area (Å²) in [5.41, 5.74) is 4.66. The number of nitrogen functional groups attached to an aromatic ring is 1. The molecule has 0 spiro atoms. The minimum absolute atomic E-state index is 0.155. The summed E-state index contributed by atoms with van der Waals surface area (Å²) >= 11 is 5.88. The van der Waals surface area contributed by atoms with Crippen LogP contribution in [0.1, 0.15) is 26.7 Å². The van der Waals surface area contributed by atoms with Crippen molar-refractivity contribution < 1.29 is 5.11 Å². The first-order valence-corrected chi connectivity index (χ1v) is 5.56. The van der Waals surface area contributed by atoms with Crippen LogP contribution < -0.4 is 11.1 Å². The Balaban J connectivity index is 2.63. The van der Waals surface area contributed by atoms with Gasteiger partial charge in [0.05, 0.1) is 11.8 Å². The zero-order chi connectivity index (χ0) is 12.2. The minimum Gasteiger partial charge on any atom is -0.388 e. The topological polar surface area (TPSA) is 84.1 Å². The van der Waals surface area contributed by atoms with Crippen molar-refractivity contribution in [3.63, 3.8) is 0 Å². The predicted octanol–water partition coefficient (Wildman–Crippen LogP) is 1.68. The second-order valence-corrected chi connectivity index (χ2v) is 4.43. The fraction of sp³-hybridized carbons (Fsp3) is 0.600. The predicted molar refractivity (Wildman–Crippen MR) is 65.5 cm³/mol. The molecule has 1 heterocycles. The summed E-state index contributed by atoms with van der Waals surface area (Å²) in [6, 6.07) is 0. The minimum atomic E-state index is -0.780. The highest BCUT2D eigenvalue weighted by Gasteiger charge is 2.19. The maximum absolute atomic E-state index is 9.96. The van der Waals surface area contributed by atoms with Gasteiger partial charge in [0.25, 0.3) is 0 Å². The van der Waals surface area contributed by atoms with E-state index in [2.05, 4.69) is 15.3 Å². The molecule has 16 heavy (non-hydrogen) atoms. The van der Waals surface area contributed by atoms with Gasteiger partial charge in [0.2, 0.25) is 5.95 Å². The molecule has 0 amide bonds. The Labute approximate surface area is 100 Å². The third kappa shape index (κ3) is 3.83. The normalized spacial score (nSPS) is 14.5. The number of aromatic nitrogens is 2. The molecule has 1 unspecified atom stereocenters. The van der Waals surface area contributed by atoms with Crippen LogP contribution in [0.5, 0.6) is 0 Å². The Morgan fingerprint density at radius 3 is 2.94 bits per heavy atom. The monoisotopic (exact) mass is 244 g/mol. The lowest BCUT2D eigenvalue weighted by molar-refractivity contribution is 0.0636. The van der Waals surface area contributed by atoms with Crippen LogP contribution >= 0.6 is 11.6 Å². The lowest BCUT2D eigenvalue weighted by Gasteiger charge is -2.23. The standard InChI is InChI=1S/C10H17ClN4O/c1-3-4-10(2,16)6-14-8-7(11)5-13-9(12)15-8/h5,16H,3-4,6H2,1-2H3,(H3,12,13,14,15). The number of rotatable bonds is 5. The smallest absolute Gasteiger partial charge is 0.222 e. The van der Waals surface area contributed by atoms with Crippen molar-refractivity contribution in [3.05, 3.63) is 11.2 Å². The molecule has 90 valence electrons. The molecule has 0 radical (unpaired) electrons. The third-order valence-corrected chi connectivity index (χ3v) is 2.46. The van der Waals surface area contributed by atoms with Gasteiger partial charge in [-0.3, -0.25) is 0 Å². The summed E-state index contributed by atoms with van der Waals surface area (Å²) in [4.78, 5) is 7.70. The van der Waals surface area contributed by atoms with Crippen LogP contribution in [0.25, 0.3) is 0 Å². The van der Waals surface area contributed by atoms with E-state index in [4.69, 9.17) is 17.3 Å². The van der Waals surface area contributed by atoms with Gasteiger partial charge in [-0.1, -0.05) is 24.9 Å². The SMILES string of the molecule is CCCC(C)(O)CNc1nc(N)ncc1Cl. The Morgan fingerprint density at radius 1 is 1.62 bits per heavy atom. The zero-order valence-electron chi connectivity index (χ0n) is 9.50. The van der Waals surface area contributed by atoms with Crippen molar-refractivity contribution in [1.82, 2.24) is 9.97 Å². The van der Waals surface area contributed by atoms with Gasteiger partial charge in [-0.2, -0.15) is 4.98 Å². The van der Waals surface area contributed by atoms with E-state index in [0.717, 1.165) is 6.42 Å². The van der Waals surface area contributed by atoms with E-state index in [0.29, 0.717) is 23.8 Å². The summed E-state index contributed by atoms with van der Waals surface area (Å²) < 4.78 is 0. The van der Waals surface area contributed by atoms with Crippen LogP contribution in [0.4, 0.5) is 11.8 Å². The van der Waals surface area contributed by atoms with Gasteiger partial charge in [0.1, 0.15) is 5.02 Å². The highest BCUT2D eigenvalue weighted by Crippen LogP contribution is 2.20. The molecule has 0 bridgehead atoms. The largest absolute Gasteiger partial charge is 0.388 e. The van der Waals surface area contributed by atoms with Crippen LogP contribution in [0.3, 0.4) is 0 Å². The van der Waals surface area contributed by atoms with Crippen LogP contribution in [-0.2, 0) is 0 Å². The molecule has 1 aromatic rings. The molecule has 4 N–H and O–H groups in total. The molecule has 0 aliphatic heterocycles. The lowest BCUT2D eigenvalue weighted by atomic mass is 10.0. The summed E-state index contributed by atoms with van der Waals surface area (Å²) in [6.45, 7) is 4.16. The van der Waals surface area contributed by atoms with E-state index in [9.17, 15) is 5.11 Å². The van der Waals surface area contributed by atoms with Gasteiger partial charge in [0.15, 0.2) is 5.82 Å². The molecule has 0 aliphatic rings. The zero-order valence-corrected chi connectivity index (χ0v) is 10.3. The number of nitrogens with one attached hydrogen (secondary N) is 1. The molecule has 0 saturated carbocycles. The third-order valence-electron chi connectivity index (χ3n) is 2.19. The van der Waals surface area contributed by atoms with Gasteiger partial charge in [-0.25, -0.2) is 4.98 Å². The molecular weight excluding hydrogens is 228 g/mol. The van der Waals surface area contributed by atoms with Gasteiger partial charge < -0.3 is 16.2 Å². The van der Waals surface area contributed by atoms with Crippen molar-refractivity contribution in [1.29, 1.82) is 0 Å². The van der Waals surface area contributed by atoms with Crippen molar-refractivity contribution in [3.8, 4) is 0 Å². The first-order valence-electron chi connectivity index (χ1n) is 5.19. The van der Waals surface area contributed by atoms with E-state index in [1.165, 1.54) is 6.20 Å². The first kappa shape index (κ1) is 13.0. The van der Waals surface area contributed by atoms with Gasteiger partial charge in [-0.05, 0) is 13.3 Å². The summed E-state index contributed by atoms with van der Waals surface area (Å²) in [5, 5.41) is 13.3. The summed E-state index contributed by atoms with van der Waals surface area (Å²) in [7, 11) is 0. The van der Waals surface area contributed by atoms with E-state index in [1.807, 2.05) is 6.92 Å². The van der Waals surface area contributed by atoms with E-state index in [-0.39, 0.29) is 5.95 Å². The van der Waals surface area contributed by atoms with Crippen LogP contribution in [0, 0.1) is 0 Å². The number of hydrogen-bond acceptors (Lipinski definition) is 5. The lowest BCUT2D eigenvalue weighted by Crippen LogP contribution is -2.33. The number of anilines is 2. The number of nitrogens with zero attached hydrogens (tertiary/aromatic N) is 2. The summed E-state index contributed by atoms with van der Waals surface area (Å²) in [6.07, 6.45) is 3.05. The molecule has 0 saturated heterocycles. The maximum Gasteiger partial charge on any atom is 0.222 e. The van der Waals surface area contributed by atoms with Crippen LogP contribution in [0.2, 0.25) is 5.02 Å². The van der Waals surface area contributed by atoms with Gasteiger partial charge >= 0.3 is 0 Å². The van der Waals surface area contributed by atoms with Crippen molar-refractivity contribution >= 4 is 23.4 Å². The Hall–Kier alpha value is -1.07. The molecule has 6 heteroatoms. The van der Waals surface area contributed by atoms with Crippen LogP contribution in [-0.4, -0.2) is 27.2 Å². The first-order chi connectivity index (χ1) is 7.44. The van der Waals surface area contributed by atoms with E-state index in [1.54, 1.807) is 6.92 Å². The van der Waals surface area contributed by atoms with Gasteiger partial charge in [-0.15, -0.1) is 0 Å². The quantitative estimate of drug-likeness (QED) is 0.734. The molecular formula is C10H17ClN4O. The number of nitrogens with two attached hydrogens (primary N) is 1. The Morgan fingerprint density at radius 2 is 2.31 bits per heavy atom. The highest BCUT2D eigenvalue weighted by atomic mass is 35.5. The number of hydrogen-bond donors (Lipinski definition) is 3. The average Bonchev–Trinajstić information content (AvgIpc) is 2.19. The molecule has 0 aromatic carbocycles. The molecule has 0 fully saturated rings. The Bertz CT molecular complexity index is 357. The summed E-state index contributed by atoms with van der Waals surface area (Å²) in [5.74, 6) is 0.604. The highest BCUT2D eigenvalue weighted by molar-refractivity contribution is 6.32.